The molecule has 0 aromatic heterocycles. The molecule has 4 heteroatoms. The van der Waals surface area contributed by atoms with Crippen LogP contribution in [0.3, 0.4) is 0 Å². The molecule has 4 nitrogen and oxygen atoms in total. The minimum absolute atomic E-state index is 0.0330. The summed E-state index contributed by atoms with van der Waals surface area (Å²) in [4.78, 5) is 16.5. The molecule has 0 aromatic rings. The molecular weight excluding hydrogens is 192 g/mol. The summed E-state index contributed by atoms with van der Waals surface area (Å²) in [5.74, 6) is 0.515. The average molecular weight is 214 g/mol. The van der Waals surface area contributed by atoms with Crippen LogP contribution in [0.4, 0.5) is 0 Å². The lowest BCUT2D eigenvalue weighted by Crippen LogP contribution is -2.39. The first-order valence-electron chi connectivity index (χ1n) is 5.82. The van der Waals surface area contributed by atoms with E-state index >= 15 is 0 Å². The SMILES string of the molecule is CC(C)CONCC(=O)NC1CCCC1. The lowest BCUT2D eigenvalue weighted by atomic mass is 10.2. The van der Waals surface area contributed by atoms with Crippen molar-refractivity contribution in [2.45, 2.75) is 45.6 Å². The Morgan fingerprint density at radius 1 is 1.40 bits per heavy atom. The van der Waals surface area contributed by atoms with Crippen molar-refractivity contribution in [3.63, 3.8) is 0 Å². The maximum Gasteiger partial charge on any atom is 0.236 e. The summed E-state index contributed by atoms with van der Waals surface area (Å²) < 4.78 is 0. The molecule has 1 aliphatic rings. The van der Waals surface area contributed by atoms with Crippen LogP contribution in [0.25, 0.3) is 0 Å². The molecule has 1 aliphatic carbocycles. The maximum atomic E-state index is 11.4. The molecule has 15 heavy (non-hydrogen) atoms. The first kappa shape index (κ1) is 12.5. The van der Waals surface area contributed by atoms with Gasteiger partial charge in [0.05, 0.1) is 13.2 Å². The number of amides is 1. The molecule has 0 spiro atoms. The Hall–Kier alpha value is -0.610. The number of nitrogens with one attached hydrogen (secondary N) is 2. The molecule has 1 amide bonds. The zero-order chi connectivity index (χ0) is 11.1. The summed E-state index contributed by atoms with van der Waals surface area (Å²) in [6.45, 7) is 5.03. The van der Waals surface area contributed by atoms with Crippen LogP contribution in [0.2, 0.25) is 0 Å². The largest absolute Gasteiger partial charge is 0.352 e. The van der Waals surface area contributed by atoms with Gasteiger partial charge in [-0.3, -0.25) is 4.79 Å². The van der Waals surface area contributed by atoms with Gasteiger partial charge in [-0.2, -0.15) is 5.48 Å². The monoisotopic (exact) mass is 214 g/mol. The van der Waals surface area contributed by atoms with Crippen molar-refractivity contribution in [3.05, 3.63) is 0 Å². The van der Waals surface area contributed by atoms with Crippen LogP contribution in [0.1, 0.15) is 39.5 Å². The van der Waals surface area contributed by atoms with E-state index in [0.717, 1.165) is 12.8 Å². The maximum absolute atomic E-state index is 11.4. The fourth-order valence-electron chi connectivity index (χ4n) is 1.69. The van der Waals surface area contributed by atoms with Crippen LogP contribution in [0.5, 0.6) is 0 Å². The Labute approximate surface area is 91.7 Å². The zero-order valence-electron chi connectivity index (χ0n) is 9.71. The predicted molar refractivity (Wildman–Crippen MR) is 59.2 cm³/mol. The summed E-state index contributed by atoms with van der Waals surface area (Å²) >= 11 is 0. The molecule has 0 bridgehead atoms. The molecule has 2 N–H and O–H groups in total. The summed E-state index contributed by atoms with van der Waals surface area (Å²) in [7, 11) is 0. The third-order valence-electron chi connectivity index (χ3n) is 2.47. The van der Waals surface area contributed by atoms with E-state index in [1.807, 2.05) is 0 Å². The molecule has 0 aliphatic heterocycles. The topological polar surface area (TPSA) is 50.4 Å². The lowest BCUT2D eigenvalue weighted by molar-refractivity contribution is -0.123. The molecule has 1 rings (SSSR count). The molecule has 0 saturated heterocycles. The standard InChI is InChI=1S/C11H22N2O2/c1-9(2)8-15-12-7-11(14)13-10-5-3-4-6-10/h9-10,12H,3-8H2,1-2H3,(H,13,14). The van der Waals surface area contributed by atoms with E-state index in [0.29, 0.717) is 18.6 Å². The highest BCUT2D eigenvalue weighted by Crippen LogP contribution is 2.17. The third kappa shape index (κ3) is 5.74. The highest BCUT2D eigenvalue weighted by atomic mass is 16.6. The van der Waals surface area contributed by atoms with Gasteiger partial charge < -0.3 is 10.2 Å². The van der Waals surface area contributed by atoms with E-state index in [2.05, 4.69) is 24.6 Å². The average Bonchev–Trinajstić information content (AvgIpc) is 2.64. The number of hydrogen-bond acceptors (Lipinski definition) is 3. The van der Waals surface area contributed by atoms with Crippen molar-refractivity contribution in [3.8, 4) is 0 Å². The number of rotatable bonds is 6. The van der Waals surface area contributed by atoms with Gasteiger partial charge in [0, 0.05) is 6.04 Å². The van der Waals surface area contributed by atoms with E-state index in [9.17, 15) is 4.79 Å². The van der Waals surface area contributed by atoms with Gasteiger partial charge in [-0.25, -0.2) is 0 Å². The predicted octanol–water partition coefficient (Wildman–Crippen LogP) is 1.22. The zero-order valence-corrected chi connectivity index (χ0v) is 9.71. The minimum Gasteiger partial charge on any atom is -0.352 e. The molecule has 0 unspecified atom stereocenters. The van der Waals surface area contributed by atoms with E-state index in [1.54, 1.807) is 0 Å². The number of carbonyl (C=O) groups is 1. The smallest absolute Gasteiger partial charge is 0.236 e. The lowest BCUT2D eigenvalue weighted by Gasteiger charge is -2.12. The van der Waals surface area contributed by atoms with Crippen LogP contribution in [0, 0.1) is 5.92 Å². The number of hydrogen-bond donors (Lipinski definition) is 2. The summed E-state index contributed by atoms with van der Waals surface area (Å²) in [5, 5.41) is 2.99. The second-order valence-electron chi connectivity index (χ2n) is 4.57. The van der Waals surface area contributed by atoms with Crippen LogP contribution < -0.4 is 10.8 Å². The third-order valence-corrected chi connectivity index (χ3v) is 2.47. The Morgan fingerprint density at radius 2 is 2.07 bits per heavy atom. The van der Waals surface area contributed by atoms with Gasteiger partial charge in [0.25, 0.3) is 0 Å². The highest BCUT2D eigenvalue weighted by molar-refractivity contribution is 5.78. The van der Waals surface area contributed by atoms with Crippen LogP contribution in [-0.4, -0.2) is 25.1 Å². The summed E-state index contributed by atoms with van der Waals surface area (Å²) in [6, 6.07) is 0.393. The van der Waals surface area contributed by atoms with E-state index in [-0.39, 0.29) is 12.5 Å². The Balaban J connectivity index is 1.98. The first-order chi connectivity index (χ1) is 7.18. The molecule has 0 atom stereocenters. The molecule has 88 valence electrons. The van der Waals surface area contributed by atoms with Crippen molar-refractivity contribution >= 4 is 5.91 Å². The Bertz CT molecular complexity index is 189. The first-order valence-corrected chi connectivity index (χ1v) is 5.82. The normalized spacial score (nSPS) is 17.3. The van der Waals surface area contributed by atoms with Crippen LogP contribution in [0.15, 0.2) is 0 Å². The van der Waals surface area contributed by atoms with Gasteiger partial charge in [-0.05, 0) is 18.8 Å². The van der Waals surface area contributed by atoms with Crippen LogP contribution in [-0.2, 0) is 9.63 Å². The fourth-order valence-corrected chi connectivity index (χ4v) is 1.69. The molecule has 1 fully saturated rings. The quantitative estimate of drug-likeness (QED) is 0.516. The second kappa shape index (κ2) is 6.80. The van der Waals surface area contributed by atoms with Gasteiger partial charge in [0.15, 0.2) is 0 Å². The van der Waals surface area contributed by atoms with Crippen molar-refractivity contribution < 1.29 is 9.63 Å². The minimum atomic E-state index is 0.0330. The summed E-state index contributed by atoms with van der Waals surface area (Å²) in [6.07, 6.45) is 4.72. The molecular formula is C11H22N2O2. The molecule has 0 aromatic carbocycles. The number of hydroxylamine groups is 1. The van der Waals surface area contributed by atoms with Crippen molar-refractivity contribution in [1.29, 1.82) is 0 Å². The molecule has 0 heterocycles. The van der Waals surface area contributed by atoms with E-state index < -0.39 is 0 Å². The van der Waals surface area contributed by atoms with Crippen molar-refractivity contribution in [2.24, 2.45) is 5.92 Å². The van der Waals surface area contributed by atoms with Gasteiger partial charge >= 0.3 is 0 Å². The summed E-state index contributed by atoms with van der Waals surface area (Å²) in [5.41, 5.74) is 2.68. The van der Waals surface area contributed by atoms with Crippen molar-refractivity contribution in [2.75, 3.05) is 13.2 Å². The van der Waals surface area contributed by atoms with E-state index in [1.165, 1.54) is 12.8 Å². The highest BCUT2D eigenvalue weighted by Gasteiger charge is 2.16. The van der Waals surface area contributed by atoms with E-state index in [4.69, 9.17) is 4.84 Å². The van der Waals surface area contributed by atoms with Crippen LogP contribution >= 0.6 is 0 Å². The van der Waals surface area contributed by atoms with Gasteiger partial charge in [-0.1, -0.05) is 26.7 Å². The Kier molecular flexibility index (Phi) is 5.65. The van der Waals surface area contributed by atoms with Gasteiger partial charge in [-0.15, -0.1) is 0 Å². The number of carbonyl (C=O) groups excluding carboxylic acids is 1. The van der Waals surface area contributed by atoms with Crippen molar-refractivity contribution in [1.82, 2.24) is 10.8 Å². The molecule has 1 saturated carbocycles. The fraction of sp³-hybridized carbons (Fsp3) is 0.909. The Morgan fingerprint density at radius 3 is 2.67 bits per heavy atom. The molecule has 0 radical (unpaired) electrons. The van der Waals surface area contributed by atoms with Gasteiger partial charge in [0.2, 0.25) is 5.91 Å². The van der Waals surface area contributed by atoms with Gasteiger partial charge in [0.1, 0.15) is 0 Å². The second-order valence-corrected chi connectivity index (χ2v) is 4.57.